The van der Waals surface area contributed by atoms with Crippen LogP contribution in [0.25, 0.3) is 0 Å². The molecule has 0 bridgehead atoms. The van der Waals surface area contributed by atoms with Gasteiger partial charge in [0, 0.05) is 10.6 Å². The van der Waals surface area contributed by atoms with E-state index < -0.39 is 0 Å². The summed E-state index contributed by atoms with van der Waals surface area (Å²) in [6.07, 6.45) is 2.01. The summed E-state index contributed by atoms with van der Waals surface area (Å²) in [7, 11) is 0. The number of hydrogen-bond donors (Lipinski definition) is 1. The molecular weight excluding hydrogens is 364 g/mol. The van der Waals surface area contributed by atoms with Gasteiger partial charge >= 0.3 is 0 Å². The molecule has 2 aromatic carbocycles. The van der Waals surface area contributed by atoms with E-state index in [4.69, 9.17) is 0 Å². The Balaban J connectivity index is 1.61. The molecule has 1 aromatic heterocycles. The molecule has 0 aliphatic rings. The summed E-state index contributed by atoms with van der Waals surface area (Å²) in [6.45, 7) is 2.62. The maximum absolute atomic E-state index is 12.3. The van der Waals surface area contributed by atoms with E-state index in [0.29, 0.717) is 6.54 Å². The van der Waals surface area contributed by atoms with Crippen molar-refractivity contribution >= 4 is 35.1 Å². The smallest absolute Gasteiger partial charge is 0.234 e. The lowest BCUT2D eigenvalue weighted by atomic mass is 10.2. The number of amides is 1. The molecule has 26 heavy (non-hydrogen) atoms. The minimum absolute atomic E-state index is 0.0554. The lowest BCUT2D eigenvalue weighted by molar-refractivity contribution is -0.113. The number of thioether (sulfide) groups is 2. The highest BCUT2D eigenvalue weighted by molar-refractivity contribution is 7.99. The molecule has 0 saturated heterocycles. The highest BCUT2D eigenvalue weighted by Crippen LogP contribution is 2.21. The quantitative estimate of drug-likeness (QED) is 0.622. The third kappa shape index (κ3) is 4.89. The van der Waals surface area contributed by atoms with Crippen molar-refractivity contribution in [2.24, 2.45) is 0 Å². The van der Waals surface area contributed by atoms with Crippen LogP contribution in [0.5, 0.6) is 0 Å². The average molecular weight is 385 g/mol. The number of hydrogen-bond acceptors (Lipinski definition) is 5. The molecule has 5 nitrogen and oxygen atoms in total. The number of nitrogens with zero attached hydrogens (tertiary/aromatic N) is 3. The average Bonchev–Trinajstić information content (AvgIpc) is 3.01. The van der Waals surface area contributed by atoms with Crippen LogP contribution in [-0.2, 0) is 11.3 Å². The van der Waals surface area contributed by atoms with E-state index >= 15 is 0 Å². The van der Waals surface area contributed by atoms with Crippen LogP contribution in [0.4, 0.5) is 5.69 Å². The summed E-state index contributed by atoms with van der Waals surface area (Å²) in [5.41, 5.74) is 1.99. The van der Waals surface area contributed by atoms with Crippen molar-refractivity contribution in [1.29, 1.82) is 0 Å². The molecule has 1 N–H and O–H groups in total. The fourth-order valence-corrected chi connectivity index (χ4v) is 3.69. The predicted molar refractivity (Wildman–Crippen MR) is 108 cm³/mol. The van der Waals surface area contributed by atoms with Gasteiger partial charge in [0.1, 0.15) is 5.82 Å². The number of aryl methyl sites for hydroxylation is 1. The van der Waals surface area contributed by atoms with Crippen LogP contribution in [0.2, 0.25) is 0 Å². The van der Waals surface area contributed by atoms with Crippen molar-refractivity contribution in [3.05, 3.63) is 66.0 Å². The van der Waals surface area contributed by atoms with Crippen LogP contribution in [-0.4, -0.2) is 32.7 Å². The third-order valence-corrected chi connectivity index (χ3v) is 5.46. The van der Waals surface area contributed by atoms with Gasteiger partial charge in [-0.3, -0.25) is 4.79 Å². The SMILES string of the molecule is CSc1cccc(NC(=O)CSc2nnc(C)n2Cc2ccccc2)c1. The fourth-order valence-electron chi connectivity index (χ4n) is 2.44. The molecule has 0 aliphatic carbocycles. The van der Waals surface area contributed by atoms with Gasteiger partial charge < -0.3 is 9.88 Å². The largest absolute Gasteiger partial charge is 0.325 e. The van der Waals surface area contributed by atoms with Gasteiger partial charge in [-0.2, -0.15) is 0 Å². The van der Waals surface area contributed by atoms with Gasteiger partial charge in [0.25, 0.3) is 0 Å². The van der Waals surface area contributed by atoms with Crippen molar-refractivity contribution in [3.8, 4) is 0 Å². The molecule has 0 aliphatic heterocycles. The first-order valence-corrected chi connectivity index (χ1v) is 10.4. The molecule has 0 radical (unpaired) electrons. The molecule has 1 amide bonds. The standard InChI is InChI=1S/C19H20N4OS2/c1-14-21-22-19(23(14)12-15-7-4-3-5-8-15)26-13-18(24)20-16-9-6-10-17(11-16)25-2/h3-11H,12-13H2,1-2H3,(H,20,24). The van der Waals surface area contributed by atoms with Gasteiger partial charge in [-0.1, -0.05) is 48.2 Å². The van der Waals surface area contributed by atoms with Crippen molar-refractivity contribution in [3.63, 3.8) is 0 Å². The van der Waals surface area contributed by atoms with E-state index in [2.05, 4.69) is 27.6 Å². The molecule has 7 heteroatoms. The summed E-state index contributed by atoms with van der Waals surface area (Å²) in [5.74, 6) is 1.07. The molecule has 0 atom stereocenters. The first-order valence-electron chi connectivity index (χ1n) is 8.16. The van der Waals surface area contributed by atoms with E-state index in [1.54, 1.807) is 11.8 Å². The van der Waals surface area contributed by atoms with Crippen molar-refractivity contribution < 1.29 is 4.79 Å². The van der Waals surface area contributed by atoms with Crippen molar-refractivity contribution in [1.82, 2.24) is 14.8 Å². The molecule has 0 unspecified atom stereocenters. The van der Waals surface area contributed by atoms with E-state index in [9.17, 15) is 4.79 Å². The fraction of sp³-hybridized carbons (Fsp3) is 0.211. The number of nitrogens with one attached hydrogen (secondary N) is 1. The molecule has 3 rings (SSSR count). The van der Waals surface area contributed by atoms with Crippen LogP contribution in [0, 0.1) is 6.92 Å². The van der Waals surface area contributed by atoms with Gasteiger partial charge in [0.15, 0.2) is 5.16 Å². The minimum Gasteiger partial charge on any atom is -0.325 e. The van der Waals surface area contributed by atoms with Crippen molar-refractivity contribution in [2.45, 2.75) is 23.5 Å². The maximum Gasteiger partial charge on any atom is 0.234 e. The monoisotopic (exact) mass is 384 g/mol. The highest BCUT2D eigenvalue weighted by atomic mass is 32.2. The number of rotatable bonds is 7. The Kier molecular flexibility index (Phi) is 6.35. The Morgan fingerprint density at radius 1 is 1.12 bits per heavy atom. The maximum atomic E-state index is 12.3. The van der Waals surface area contributed by atoms with E-state index in [0.717, 1.165) is 21.6 Å². The van der Waals surface area contributed by atoms with E-state index in [1.807, 2.05) is 60.2 Å². The Hall–Kier alpha value is -2.25. The predicted octanol–water partition coefficient (Wildman–Crippen LogP) is 4.09. The van der Waals surface area contributed by atoms with Gasteiger partial charge in [0.05, 0.1) is 12.3 Å². The summed E-state index contributed by atoms with van der Waals surface area (Å²) in [4.78, 5) is 13.4. The van der Waals surface area contributed by atoms with E-state index in [1.165, 1.54) is 17.3 Å². The van der Waals surface area contributed by atoms with Crippen LogP contribution < -0.4 is 5.32 Å². The third-order valence-electron chi connectivity index (χ3n) is 3.77. The highest BCUT2D eigenvalue weighted by Gasteiger charge is 2.12. The Labute approximate surface area is 161 Å². The van der Waals surface area contributed by atoms with Gasteiger partial charge in [-0.15, -0.1) is 22.0 Å². The normalized spacial score (nSPS) is 10.7. The first-order chi connectivity index (χ1) is 12.7. The van der Waals surface area contributed by atoms with Crippen LogP contribution in [0.15, 0.2) is 64.6 Å². The molecule has 134 valence electrons. The number of anilines is 1. The Bertz CT molecular complexity index is 880. The summed E-state index contributed by atoms with van der Waals surface area (Å²) < 4.78 is 2.03. The zero-order valence-electron chi connectivity index (χ0n) is 14.7. The molecule has 1 heterocycles. The van der Waals surface area contributed by atoms with Crippen LogP contribution in [0.3, 0.4) is 0 Å². The number of aromatic nitrogens is 3. The Morgan fingerprint density at radius 2 is 1.92 bits per heavy atom. The summed E-state index contributed by atoms with van der Waals surface area (Å²) in [6, 6.07) is 18.0. The molecule has 0 fully saturated rings. The molecule has 3 aromatic rings. The topological polar surface area (TPSA) is 59.8 Å². The zero-order chi connectivity index (χ0) is 18.4. The first kappa shape index (κ1) is 18.5. The van der Waals surface area contributed by atoms with Crippen LogP contribution in [0.1, 0.15) is 11.4 Å². The van der Waals surface area contributed by atoms with Crippen LogP contribution >= 0.6 is 23.5 Å². The second-order valence-electron chi connectivity index (χ2n) is 5.67. The lowest BCUT2D eigenvalue weighted by Gasteiger charge is -2.09. The number of carbonyl (C=O) groups is 1. The summed E-state index contributed by atoms with van der Waals surface area (Å²) in [5, 5.41) is 12.0. The zero-order valence-corrected chi connectivity index (χ0v) is 16.3. The molecular formula is C19H20N4OS2. The summed E-state index contributed by atoms with van der Waals surface area (Å²) >= 11 is 3.04. The second-order valence-corrected chi connectivity index (χ2v) is 7.49. The Morgan fingerprint density at radius 3 is 2.69 bits per heavy atom. The second kappa shape index (κ2) is 8.91. The number of benzene rings is 2. The number of carbonyl (C=O) groups excluding carboxylic acids is 1. The van der Waals surface area contributed by atoms with Crippen molar-refractivity contribution in [2.75, 3.05) is 17.3 Å². The van der Waals surface area contributed by atoms with Gasteiger partial charge in [-0.25, -0.2) is 0 Å². The van der Waals surface area contributed by atoms with Gasteiger partial charge in [0.2, 0.25) is 5.91 Å². The van der Waals surface area contributed by atoms with E-state index in [-0.39, 0.29) is 11.7 Å². The van der Waals surface area contributed by atoms with Gasteiger partial charge in [-0.05, 0) is 36.9 Å². The minimum atomic E-state index is -0.0554. The lowest BCUT2D eigenvalue weighted by Crippen LogP contribution is -2.15. The molecule has 0 spiro atoms. The molecule has 0 saturated carbocycles.